The van der Waals surface area contributed by atoms with Crippen LogP contribution in [0.2, 0.25) is 0 Å². The summed E-state index contributed by atoms with van der Waals surface area (Å²) in [6.07, 6.45) is 3.09. The van der Waals surface area contributed by atoms with Crippen LogP contribution in [0.4, 0.5) is 5.69 Å². The van der Waals surface area contributed by atoms with Gasteiger partial charge in [0.25, 0.3) is 10.0 Å². The maximum absolute atomic E-state index is 13.2. The Morgan fingerprint density at radius 3 is 2.58 bits per heavy atom. The van der Waals surface area contributed by atoms with Crippen LogP contribution < -0.4 is 9.46 Å². The molecular weight excluding hydrogens is 510 g/mol. The Morgan fingerprint density at radius 2 is 2.00 bits per heavy atom. The van der Waals surface area contributed by atoms with Crippen molar-refractivity contribution in [1.82, 2.24) is 18.8 Å². The van der Waals surface area contributed by atoms with E-state index in [2.05, 4.69) is 9.71 Å². The summed E-state index contributed by atoms with van der Waals surface area (Å²) in [5.74, 6) is -0.231. The summed E-state index contributed by atoms with van der Waals surface area (Å²) in [4.78, 5) is 18.7. The van der Waals surface area contributed by atoms with Crippen LogP contribution >= 0.6 is 0 Å². The van der Waals surface area contributed by atoms with E-state index in [0.29, 0.717) is 11.3 Å². The Bertz CT molecular complexity index is 1310. The third-order valence-electron chi connectivity index (χ3n) is 6.01. The first-order valence-corrected chi connectivity index (χ1v) is 14.7. The van der Waals surface area contributed by atoms with E-state index in [1.165, 1.54) is 36.3 Å². The quantitative estimate of drug-likeness (QED) is 0.481. The van der Waals surface area contributed by atoms with Crippen molar-refractivity contribution in [3.8, 4) is 5.75 Å². The molecule has 200 valence electrons. The number of imidazole rings is 1. The number of aryl methyl sites for hydroxylation is 1. The van der Waals surface area contributed by atoms with E-state index in [1.807, 2.05) is 6.92 Å². The fourth-order valence-corrected chi connectivity index (χ4v) is 5.66. The van der Waals surface area contributed by atoms with Gasteiger partial charge in [-0.3, -0.25) is 9.52 Å². The van der Waals surface area contributed by atoms with Gasteiger partial charge in [-0.2, -0.15) is 4.31 Å². The second-order valence-corrected chi connectivity index (χ2v) is 13.0. The number of amides is 1. The van der Waals surface area contributed by atoms with Crippen LogP contribution in [0.15, 0.2) is 35.7 Å². The summed E-state index contributed by atoms with van der Waals surface area (Å²) in [6, 6.07) is 4.13. The fourth-order valence-electron chi connectivity index (χ4n) is 3.96. The van der Waals surface area contributed by atoms with Crippen LogP contribution in [-0.4, -0.2) is 91.8 Å². The molecule has 1 aromatic carbocycles. The molecule has 0 spiro atoms. The molecule has 0 unspecified atom stereocenters. The van der Waals surface area contributed by atoms with Gasteiger partial charge < -0.3 is 19.3 Å². The molecule has 1 aliphatic rings. The number of nitrogens with zero attached hydrogens (tertiary/aromatic N) is 4. The monoisotopic (exact) mass is 543 g/mol. The number of benzene rings is 1. The zero-order valence-electron chi connectivity index (χ0n) is 20.9. The predicted molar refractivity (Wildman–Crippen MR) is 133 cm³/mol. The first-order chi connectivity index (χ1) is 16.7. The SMILES string of the molecule is C[C@@H]1CN([C@H](C)CO)C(=O)Cc2cc(NS(C)(=O)=O)ccc2O[C@@H]1CN(C)S(=O)(=O)c1cn(C)cn1. The molecule has 0 saturated heterocycles. The Hall–Kier alpha value is -2.68. The predicted octanol–water partition coefficient (Wildman–Crippen LogP) is 0.261. The number of ether oxygens (including phenoxy) is 1. The summed E-state index contributed by atoms with van der Waals surface area (Å²) < 4.78 is 60.9. The van der Waals surface area contributed by atoms with Crippen LogP contribution in [-0.2, 0) is 38.3 Å². The van der Waals surface area contributed by atoms with Crippen molar-refractivity contribution in [3.63, 3.8) is 0 Å². The molecule has 0 saturated carbocycles. The summed E-state index contributed by atoms with van der Waals surface area (Å²) in [6.45, 7) is 3.52. The lowest BCUT2D eigenvalue weighted by Crippen LogP contribution is -2.48. The first-order valence-electron chi connectivity index (χ1n) is 11.3. The standard InChI is InChI=1S/C22H33N5O7S2/c1-15-10-27(16(2)13-28)22(29)9-17-8-18(24-35(5,30)31)6-7-19(17)34-20(15)11-26(4)36(32,33)21-12-25(3)14-23-21/h6-8,12,14-16,20,24,28H,9-11,13H2,1-5H3/t15-,16-,20-/m1/s1. The largest absolute Gasteiger partial charge is 0.488 e. The van der Waals surface area contributed by atoms with Crippen molar-refractivity contribution in [1.29, 1.82) is 0 Å². The molecule has 14 heteroatoms. The molecule has 0 radical (unpaired) electrons. The Labute approximate surface area is 212 Å². The van der Waals surface area contributed by atoms with Crippen molar-refractivity contribution in [2.45, 2.75) is 37.4 Å². The minimum atomic E-state index is -3.90. The number of fused-ring (bicyclic) bond motifs is 1. The molecule has 0 fully saturated rings. The molecule has 1 aromatic heterocycles. The number of aromatic nitrogens is 2. The van der Waals surface area contributed by atoms with E-state index in [9.17, 15) is 26.7 Å². The number of sulfonamides is 2. The van der Waals surface area contributed by atoms with E-state index in [1.54, 1.807) is 24.9 Å². The second kappa shape index (κ2) is 10.7. The van der Waals surface area contributed by atoms with Gasteiger partial charge in [0.05, 0.1) is 38.2 Å². The van der Waals surface area contributed by atoms with Gasteiger partial charge >= 0.3 is 0 Å². The third-order valence-corrected chi connectivity index (χ3v) is 8.33. The molecule has 1 amide bonds. The van der Waals surface area contributed by atoms with Crippen molar-refractivity contribution >= 4 is 31.6 Å². The number of nitrogens with one attached hydrogen (secondary N) is 1. The van der Waals surface area contributed by atoms with Crippen molar-refractivity contribution in [2.24, 2.45) is 13.0 Å². The number of aliphatic hydroxyl groups is 1. The highest BCUT2D eigenvalue weighted by molar-refractivity contribution is 7.92. The summed E-state index contributed by atoms with van der Waals surface area (Å²) in [7, 11) is -4.33. The van der Waals surface area contributed by atoms with E-state index in [4.69, 9.17) is 4.74 Å². The molecule has 3 rings (SSSR count). The average molecular weight is 544 g/mol. The number of anilines is 1. The fraction of sp³-hybridized carbons (Fsp3) is 0.545. The van der Waals surface area contributed by atoms with Gasteiger partial charge in [-0.05, 0) is 25.1 Å². The number of likely N-dealkylation sites (N-methyl/N-ethyl adjacent to an activating group) is 1. The molecule has 2 N–H and O–H groups in total. The van der Waals surface area contributed by atoms with Crippen molar-refractivity contribution < 1.29 is 31.5 Å². The maximum atomic E-state index is 13.2. The van der Waals surface area contributed by atoms with Crippen LogP contribution in [0.5, 0.6) is 5.75 Å². The highest BCUT2D eigenvalue weighted by Gasteiger charge is 2.34. The maximum Gasteiger partial charge on any atom is 0.261 e. The lowest BCUT2D eigenvalue weighted by Gasteiger charge is -2.33. The summed E-state index contributed by atoms with van der Waals surface area (Å²) in [5.41, 5.74) is 0.714. The normalized spacial score (nSPS) is 20.2. The topological polar surface area (TPSA) is 151 Å². The molecule has 0 bridgehead atoms. The number of hydrogen-bond donors (Lipinski definition) is 2. The lowest BCUT2D eigenvalue weighted by atomic mass is 10.0. The Balaban J connectivity index is 1.99. The molecular formula is C22H33N5O7S2. The molecule has 3 atom stereocenters. The van der Waals surface area contributed by atoms with E-state index >= 15 is 0 Å². The zero-order valence-corrected chi connectivity index (χ0v) is 22.6. The Kier molecular flexibility index (Phi) is 8.33. The van der Waals surface area contributed by atoms with Crippen LogP contribution in [0.3, 0.4) is 0 Å². The first kappa shape index (κ1) is 27.9. The van der Waals surface area contributed by atoms with Crippen LogP contribution in [0.1, 0.15) is 19.4 Å². The Morgan fingerprint density at radius 1 is 1.31 bits per heavy atom. The summed E-state index contributed by atoms with van der Waals surface area (Å²) >= 11 is 0. The van der Waals surface area contributed by atoms with Gasteiger partial charge in [-0.25, -0.2) is 21.8 Å². The van der Waals surface area contributed by atoms with Gasteiger partial charge in [0, 0.05) is 44.0 Å². The average Bonchev–Trinajstić information content (AvgIpc) is 3.24. The molecule has 2 heterocycles. The number of carbonyl (C=O) groups is 1. The van der Waals surface area contributed by atoms with Gasteiger partial charge in [0.2, 0.25) is 15.9 Å². The lowest BCUT2D eigenvalue weighted by molar-refractivity contribution is -0.134. The highest BCUT2D eigenvalue weighted by Crippen LogP contribution is 2.30. The molecule has 12 nitrogen and oxygen atoms in total. The van der Waals surface area contributed by atoms with Gasteiger partial charge in [0.15, 0.2) is 5.03 Å². The zero-order chi connectivity index (χ0) is 26.8. The molecule has 2 aromatic rings. The summed E-state index contributed by atoms with van der Waals surface area (Å²) in [5, 5.41) is 9.65. The van der Waals surface area contributed by atoms with Gasteiger partial charge in [0.1, 0.15) is 11.9 Å². The number of hydrogen-bond acceptors (Lipinski definition) is 8. The van der Waals surface area contributed by atoms with Gasteiger partial charge in [-0.15, -0.1) is 0 Å². The minimum Gasteiger partial charge on any atom is -0.488 e. The second-order valence-electron chi connectivity index (χ2n) is 9.25. The van der Waals surface area contributed by atoms with Crippen molar-refractivity contribution in [2.75, 3.05) is 37.7 Å². The molecule has 1 aliphatic heterocycles. The third kappa shape index (κ3) is 6.55. The smallest absolute Gasteiger partial charge is 0.261 e. The molecule has 0 aliphatic carbocycles. The van der Waals surface area contributed by atoms with Crippen LogP contribution in [0, 0.1) is 5.92 Å². The number of carbonyl (C=O) groups excluding carboxylic acids is 1. The number of aliphatic hydroxyl groups excluding tert-OH is 1. The van der Waals surface area contributed by atoms with Crippen LogP contribution in [0.25, 0.3) is 0 Å². The van der Waals surface area contributed by atoms with E-state index in [-0.39, 0.29) is 48.7 Å². The van der Waals surface area contributed by atoms with E-state index < -0.39 is 32.2 Å². The highest BCUT2D eigenvalue weighted by atomic mass is 32.2. The van der Waals surface area contributed by atoms with E-state index in [0.717, 1.165) is 10.6 Å². The minimum absolute atomic E-state index is 0.0294. The number of rotatable bonds is 8. The van der Waals surface area contributed by atoms with Crippen molar-refractivity contribution in [3.05, 3.63) is 36.3 Å². The van der Waals surface area contributed by atoms with Gasteiger partial charge in [-0.1, -0.05) is 6.92 Å². The molecule has 36 heavy (non-hydrogen) atoms.